The van der Waals surface area contributed by atoms with Crippen LogP contribution in [0.3, 0.4) is 0 Å². The number of benzene rings is 2. The lowest BCUT2D eigenvalue weighted by atomic mass is 9.98. The predicted octanol–water partition coefficient (Wildman–Crippen LogP) is 3.08. The number of carbonyl (C=O) groups is 1. The molecule has 162 valence electrons. The molecule has 30 heavy (non-hydrogen) atoms. The van der Waals surface area contributed by atoms with E-state index in [0.717, 1.165) is 5.56 Å². The van der Waals surface area contributed by atoms with Crippen LogP contribution in [0.25, 0.3) is 0 Å². The second kappa shape index (κ2) is 9.06. The second-order valence-corrected chi connectivity index (χ2v) is 9.37. The molecule has 0 saturated carbocycles. The summed E-state index contributed by atoms with van der Waals surface area (Å²) in [5, 5.41) is 0. The summed E-state index contributed by atoms with van der Waals surface area (Å²) in [6.07, 6.45) is 1.29. The molecule has 1 aliphatic heterocycles. The van der Waals surface area contributed by atoms with E-state index in [4.69, 9.17) is 9.47 Å². The number of carbonyl (C=O) groups excluding carboxylic acids is 1. The number of hydrogen-bond donors (Lipinski definition) is 0. The molecule has 1 amide bonds. The van der Waals surface area contributed by atoms with E-state index in [-0.39, 0.29) is 17.3 Å². The van der Waals surface area contributed by atoms with E-state index >= 15 is 0 Å². The van der Waals surface area contributed by atoms with Gasteiger partial charge in [0, 0.05) is 31.9 Å². The molecule has 1 atom stereocenters. The molecule has 0 aromatic heterocycles. The maximum Gasteiger partial charge on any atom is 0.243 e. The van der Waals surface area contributed by atoms with E-state index in [1.165, 1.54) is 4.31 Å². The van der Waals surface area contributed by atoms with Gasteiger partial charge < -0.3 is 14.4 Å². The van der Waals surface area contributed by atoms with Gasteiger partial charge in [0.25, 0.3) is 0 Å². The molecule has 0 unspecified atom stereocenters. The van der Waals surface area contributed by atoms with Crippen LogP contribution in [-0.4, -0.2) is 53.0 Å². The van der Waals surface area contributed by atoms with Crippen molar-refractivity contribution in [2.75, 3.05) is 39.3 Å². The highest BCUT2D eigenvalue weighted by Crippen LogP contribution is 2.29. The first-order chi connectivity index (χ1) is 14.3. The summed E-state index contributed by atoms with van der Waals surface area (Å²) in [4.78, 5) is 14.9. The Labute approximate surface area is 178 Å². The van der Waals surface area contributed by atoms with Gasteiger partial charge in [-0.25, -0.2) is 8.42 Å². The molecule has 0 N–H and O–H groups in total. The first-order valence-electron chi connectivity index (χ1n) is 9.84. The first-order valence-corrected chi connectivity index (χ1v) is 11.3. The van der Waals surface area contributed by atoms with Crippen molar-refractivity contribution in [3.05, 3.63) is 48.0 Å². The van der Waals surface area contributed by atoms with E-state index in [1.54, 1.807) is 50.4 Å². The van der Waals surface area contributed by atoms with Crippen LogP contribution >= 0.6 is 0 Å². The Morgan fingerprint density at radius 1 is 1.13 bits per heavy atom. The number of methoxy groups -OCH3 is 2. The van der Waals surface area contributed by atoms with Gasteiger partial charge in [-0.15, -0.1) is 0 Å². The summed E-state index contributed by atoms with van der Waals surface area (Å²) < 4.78 is 38.2. The summed E-state index contributed by atoms with van der Waals surface area (Å²) in [6, 6.07) is 12.1. The van der Waals surface area contributed by atoms with Crippen LogP contribution in [0.4, 0.5) is 5.69 Å². The van der Waals surface area contributed by atoms with E-state index in [9.17, 15) is 13.2 Å². The number of anilines is 1. The minimum Gasteiger partial charge on any atom is -0.497 e. The molecule has 1 fully saturated rings. The number of rotatable bonds is 6. The second-order valence-electron chi connectivity index (χ2n) is 7.43. The molecule has 1 aliphatic rings. The van der Waals surface area contributed by atoms with Crippen LogP contribution in [0.1, 0.15) is 18.4 Å². The Morgan fingerprint density at radius 3 is 2.57 bits per heavy atom. The highest BCUT2D eigenvalue weighted by Gasteiger charge is 2.35. The fourth-order valence-corrected chi connectivity index (χ4v) is 5.35. The Kier molecular flexibility index (Phi) is 6.67. The fourth-order valence-electron chi connectivity index (χ4n) is 3.74. The molecule has 0 radical (unpaired) electrons. The summed E-state index contributed by atoms with van der Waals surface area (Å²) in [5.74, 6) is 0.800. The van der Waals surface area contributed by atoms with Crippen molar-refractivity contribution in [1.82, 2.24) is 4.31 Å². The third-order valence-electron chi connectivity index (χ3n) is 5.51. The molecule has 0 bridgehead atoms. The molecule has 0 aliphatic carbocycles. The number of piperidine rings is 1. The Bertz CT molecular complexity index is 1020. The predicted molar refractivity (Wildman–Crippen MR) is 116 cm³/mol. The van der Waals surface area contributed by atoms with Crippen LogP contribution in [0.15, 0.2) is 47.4 Å². The Hall–Kier alpha value is -2.58. The van der Waals surface area contributed by atoms with Crippen LogP contribution in [0.2, 0.25) is 0 Å². The highest BCUT2D eigenvalue weighted by molar-refractivity contribution is 7.89. The number of hydrogen-bond acceptors (Lipinski definition) is 5. The summed E-state index contributed by atoms with van der Waals surface area (Å²) in [7, 11) is 1.14. The van der Waals surface area contributed by atoms with Gasteiger partial charge in [0.15, 0.2) is 0 Å². The largest absolute Gasteiger partial charge is 0.497 e. The standard InChI is InChI=1S/C22H28N2O5S/c1-16-13-20(10-11-21(16)29-4)30(26,27)24-12-6-7-17(15-24)22(25)23(2)18-8-5-9-19(14-18)28-3/h5,8-11,13-14,17H,6-7,12,15H2,1-4H3/t17-/m0/s1. The number of sulfonamides is 1. The first kappa shape index (κ1) is 22.1. The van der Waals surface area contributed by atoms with Crippen LogP contribution in [0.5, 0.6) is 11.5 Å². The van der Waals surface area contributed by atoms with Crippen molar-refractivity contribution in [1.29, 1.82) is 0 Å². The van der Waals surface area contributed by atoms with Gasteiger partial charge in [0.05, 0.1) is 25.0 Å². The molecule has 2 aromatic carbocycles. The maximum absolute atomic E-state index is 13.2. The summed E-state index contributed by atoms with van der Waals surface area (Å²) in [5.41, 5.74) is 1.46. The van der Waals surface area contributed by atoms with Crippen molar-refractivity contribution >= 4 is 21.6 Å². The van der Waals surface area contributed by atoms with Crippen LogP contribution in [0, 0.1) is 12.8 Å². The van der Waals surface area contributed by atoms with Gasteiger partial charge in [-0.05, 0) is 55.7 Å². The smallest absolute Gasteiger partial charge is 0.243 e. The monoisotopic (exact) mass is 432 g/mol. The van der Waals surface area contributed by atoms with E-state index in [2.05, 4.69) is 0 Å². The van der Waals surface area contributed by atoms with Gasteiger partial charge in [-0.3, -0.25) is 4.79 Å². The van der Waals surface area contributed by atoms with E-state index in [1.807, 2.05) is 25.1 Å². The van der Waals surface area contributed by atoms with Crippen LogP contribution < -0.4 is 14.4 Å². The quantitative estimate of drug-likeness (QED) is 0.701. The minimum absolute atomic E-state index is 0.103. The third kappa shape index (κ3) is 4.44. The zero-order valence-electron chi connectivity index (χ0n) is 17.8. The molecular formula is C22H28N2O5S. The maximum atomic E-state index is 13.2. The van der Waals surface area contributed by atoms with Gasteiger partial charge >= 0.3 is 0 Å². The molecule has 8 heteroatoms. The zero-order chi connectivity index (χ0) is 21.9. The molecule has 7 nitrogen and oxygen atoms in total. The van der Waals surface area contributed by atoms with E-state index < -0.39 is 15.9 Å². The van der Waals surface area contributed by atoms with Gasteiger partial charge in [-0.2, -0.15) is 4.31 Å². The van der Waals surface area contributed by atoms with Gasteiger partial charge in [0.1, 0.15) is 11.5 Å². The van der Waals surface area contributed by atoms with Crippen molar-refractivity contribution in [2.24, 2.45) is 5.92 Å². The normalized spacial score (nSPS) is 17.4. The topological polar surface area (TPSA) is 76.2 Å². The summed E-state index contributed by atoms with van der Waals surface area (Å²) in [6.45, 7) is 2.38. The lowest BCUT2D eigenvalue weighted by Crippen LogP contribution is -2.46. The molecule has 2 aromatic rings. The molecular weight excluding hydrogens is 404 g/mol. The fraction of sp³-hybridized carbons (Fsp3) is 0.409. The average Bonchev–Trinajstić information content (AvgIpc) is 2.78. The Balaban J connectivity index is 1.78. The molecule has 1 heterocycles. The van der Waals surface area contributed by atoms with Crippen molar-refractivity contribution < 1.29 is 22.7 Å². The average molecular weight is 433 g/mol. The van der Waals surface area contributed by atoms with E-state index in [0.29, 0.717) is 36.6 Å². The lowest BCUT2D eigenvalue weighted by Gasteiger charge is -2.33. The van der Waals surface area contributed by atoms with Crippen molar-refractivity contribution in [2.45, 2.75) is 24.7 Å². The lowest BCUT2D eigenvalue weighted by molar-refractivity contribution is -0.123. The third-order valence-corrected chi connectivity index (χ3v) is 7.37. The number of aryl methyl sites for hydroxylation is 1. The highest BCUT2D eigenvalue weighted by atomic mass is 32.2. The van der Waals surface area contributed by atoms with Gasteiger partial charge in [-0.1, -0.05) is 6.07 Å². The molecule has 0 spiro atoms. The van der Waals surface area contributed by atoms with Crippen molar-refractivity contribution in [3.8, 4) is 11.5 Å². The number of nitrogens with zero attached hydrogens (tertiary/aromatic N) is 2. The molecule has 3 rings (SSSR count). The zero-order valence-corrected chi connectivity index (χ0v) is 18.6. The minimum atomic E-state index is -3.69. The van der Waals surface area contributed by atoms with Crippen molar-refractivity contribution in [3.63, 3.8) is 0 Å². The van der Waals surface area contributed by atoms with Crippen LogP contribution in [-0.2, 0) is 14.8 Å². The molecule has 1 saturated heterocycles. The number of amides is 1. The van der Waals surface area contributed by atoms with Gasteiger partial charge in [0.2, 0.25) is 15.9 Å². The summed E-state index contributed by atoms with van der Waals surface area (Å²) >= 11 is 0. The Morgan fingerprint density at radius 2 is 1.90 bits per heavy atom. The SMILES string of the molecule is COc1cccc(N(C)C(=O)[C@H]2CCCN(S(=O)(=O)c3ccc(OC)c(C)c3)C2)c1. The number of ether oxygens (including phenoxy) is 2.